The van der Waals surface area contributed by atoms with Crippen LogP contribution in [0.1, 0.15) is 18.4 Å². The van der Waals surface area contributed by atoms with Gasteiger partial charge in [0.15, 0.2) is 0 Å². The normalized spacial score (nSPS) is 14.2. The standard InChI is InChI=1S/C24H30N4O6/c1-33-20-8-4-18(5-9-20)6-11-24(30)27-13-3-12-26(14-15-27)17-23(29)25-21-10-7-19(28(31)32)16-22(21)34-2/h4-5,7-10,16H,3,6,11-15,17H2,1-2H3,(H,25,29). The number of amides is 2. The summed E-state index contributed by atoms with van der Waals surface area (Å²) in [6.07, 6.45) is 1.89. The lowest BCUT2D eigenvalue weighted by Gasteiger charge is -2.22. The third kappa shape index (κ3) is 6.92. The van der Waals surface area contributed by atoms with Crippen LogP contribution < -0.4 is 14.8 Å². The Bertz CT molecular complexity index is 1010. The number of methoxy groups -OCH3 is 2. The molecule has 1 N–H and O–H groups in total. The number of anilines is 1. The molecule has 0 radical (unpaired) electrons. The number of nitrogens with one attached hydrogen (secondary N) is 1. The van der Waals surface area contributed by atoms with E-state index in [1.807, 2.05) is 34.1 Å². The first kappa shape index (κ1) is 25.0. The number of carbonyl (C=O) groups is 2. The maximum atomic E-state index is 12.7. The Morgan fingerprint density at radius 2 is 1.79 bits per heavy atom. The van der Waals surface area contributed by atoms with E-state index in [1.54, 1.807) is 7.11 Å². The summed E-state index contributed by atoms with van der Waals surface area (Å²) in [5.74, 6) is 0.884. The molecule has 10 nitrogen and oxygen atoms in total. The molecular weight excluding hydrogens is 440 g/mol. The Labute approximate surface area is 198 Å². The molecule has 0 unspecified atom stereocenters. The molecule has 0 aromatic heterocycles. The highest BCUT2D eigenvalue weighted by Gasteiger charge is 2.21. The van der Waals surface area contributed by atoms with Crippen LogP contribution in [0.25, 0.3) is 0 Å². The van der Waals surface area contributed by atoms with Crippen molar-refractivity contribution in [3.05, 3.63) is 58.1 Å². The number of ether oxygens (including phenoxy) is 2. The average Bonchev–Trinajstić information content (AvgIpc) is 3.08. The highest BCUT2D eigenvalue weighted by Crippen LogP contribution is 2.29. The van der Waals surface area contributed by atoms with E-state index in [0.717, 1.165) is 17.7 Å². The van der Waals surface area contributed by atoms with Crippen molar-refractivity contribution < 1.29 is 24.0 Å². The monoisotopic (exact) mass is 470 g/mol. The van der Waals surface area contributed by atoms with E-state index < -0.39 is 4.92 Å². The number of non-ortho nitro benzene ring substituents is 1. The molecule has 0 atom stereocenters. The van der Waals surface area contributed by atoms with Gasteiger partial charge in [0.05, 0.1) is 37.4 Å². The molecule has 0 bridgehead atoms. The zero-order valence-corrected chi connectivity index (χ0v) is 19.5. The summed E-state index contributed by atoms with van der Waals surface area (Å²) in [6.45, 7) is 2.69. The van der Waals surface area contributed by atoms with Crippen LogP contribution in [0.4, 0.5) is 11.4 Å². The van der Waals surface area contributed by atoms with Crippen LogP contribution in [0.2, 0.25) is 0 Å². The molecule has 10 heteroatoms. The molecule has 3 rings (SSSR count). The molecule has 1 fully saturated rings. The lowest BCUT2D eigenvalue weighted by atomic mass is 10.1. The van der Waals surface area contributed by atoms with Crippen molar-refractivity contribution in [2.75, 3.05) is 52.3 Å². The van der Waals surface area contributed by atoms with Crippen LogP contribution in [0, 0.1) is 10.1 Å². The molecule has 2 aromatic carbocycles. The second kappa shape index (κ2) is 12.0. The number of benzene rings is 2. The van der Waals surface area contributed by atoms with Crippen molar-refractivity contribution in [1.82, 2.24) is 9.80 Å². The van der Waals surface area contributed by atoms with E-state index in [4.69, 9.17) is 9.47 Å². The number of carbonyl (C=O) groups excluding carboxylic acids is 2. The van der Waals surface area contributed by atoms with Crippen molar-refractivity contribution >= 4 is 23.2 Å². The molecule has 0 spiro atoms. The van der Waals surface area contributed by atoms with E-state index in [1.165, 1.54) is 25.3 Å². The molecule has 0 aliphatic carbocycles. The summed E-state index contributed by atoms with van der Waals surface area (Å²) >= 11 is 0. The van der Waals surface area contributed by atoms with E-state index in [0.29, 0.717) is 44.7 Å². The Hall–Kier alpha value is -3.66. The van der Waals surface area contributed by atoms with E-state index in [9.17, 15) is 19.7 Å². The minimum atomic E-state index is -0.518. The first-order chi connectivity index (χ1) is 16.4. The van der Waals surface area contributed by atoms with Crippen molar-refractivity contribution in [1.29, 1.82) is 0 Å². The maximum Gasteiger partial charge on any atom is 0.273 e. The Balaban J connectivity index is 1.47. The second-order valence-corrected chi connectivity index (χ2v) is 8.05. The number of hydrogen-bond acceptors (Lipinski definition) is 7. The molecule has 34 heavy (non-hydrogen) atoms. The van der Waals surface area contributed by atoms with Crippen molar-refractivity contribution in [2.45, 2.75) is 19.3 Å². The predicted molar refractivity (Wildman–Crippen MR) is 127 cm³/mol. The Kier molecular flexibility index (Phi) is 8.80. The predicted octanol–water partition coefficient (Wildman–Crippen LogP) is 2.72. The van der Waals surface area contributed by atoms with Gasteiger partial charge in [-0.2, -0.15) is 0 Å². The third-order valence-corrected chi connectivity index (χ3v) is 5.77. The Morgan fingerprint density at radius 3 is 2.47 bits per heavy atom. The van der Waals surface area contributed by atoms with E-state index in [2.05, 4.69) is 5.32 Å². The summed E-state index contributed by atoms with van der Waals surface area (Å²) in [4.78, 5) is 39.6. The number of nitro benzene ring substituents is 1. The van der Waals surface area contributed by atoms with Gasteiger partial charge in [-0.05, 0) is 36.6 Å². The molecule has 1 aliphatic rings. The lowest BCUT2D eigenvalue weighted by molar-refractivity contribution is -0.384. The highest BCUT2D eigenvalue weighted by atomic mass is 16.6. The summed E-state index contributed by atoms with van der Waals surface area (Å²) in [7, 11) is 3.01. The van der Waals surface area contributed by atoms with Gasteiger partial charge in [0.1, 0.15) is 11.5 Å². The summed E-state index contributed by atoms with van der Waals surface area (Å²) in [5.41, 5.74) is 1.35. The van der Waals surface area contributed by atoms with Crippen molar-refractivity contribution in [3.63, 3.8) is 0 Å². The molecular formula is C24H30N4O6. The van der Waals surface area contributed by atoms with Crippen LogP contribution in [0.5, 0.6) is 11.5 Å². The number of nitrogens with zero attached hydrogens (tertiary/aromatic N) is 3. The molecule has 1 heterocycles. The van der Waals surface area contributed by atoms with Crippen LogP contribution in [0.15, 0.2) is 42.5 Å². The highest BCUT2D eigenvalue weighted by molar-refractivity contribution is 5.94. The topological polar surface area (TPSA) is 114 Å². The van der Waals surface area contributed by atoms with Crippen LogP contribution in [0.3, 0.4) is 0 Å². The van der Waals surface area contributed by atoms with Crippen LogP contribution >= 0.6 is 0 Å². The van der Waals surface area contributed by atoms with Gasteiger partial charge < -0.3 is 19.7 Å². The fourth-order valence-corrected chi connectivity index (χ4v) is 3.87. The quantitative estimate of drug-likeness (QED) is 0.443. The lowest BCUT2D eigenvalue weighted by Crippen LogP contribution is -2.38. The van der Waals surface area contributed by atoms with Crippen molar-refractivity contribution in [3.8, 4) is 11.5 Å². The van der Waals surface area contributed by atoms with Gasteiger partial charge in [-0.15, -0.1) is 0 Å². The fraction of sp³-hybridized carbons (Fsp3) is 0.417. The number of nitro groups is 1. The molecule has 1 saturated heterocycles. The van der Waals surface area contributed by atoms with Gasteiger partial charge in [0, 0.05) is 38.7 Å². The van der Waals surface area contributed by atoms with E-state index >= 15 is 0 Å². The van der Waals surface area contributed by atoms with E-state index in [-0.39, 0.29) is 29.8 Å². The molecule has 2 aromatic rings. The first-order valence-corrected chi connectivity index (χ1v) is 11.1. The van der Waals surface area contributed by atoms with Crippen LogP contribution in [-0.2, 0) is 16.0 Å². The zero-order valence-electron chi connectivity index (χ0n) is 19.5. The largest absolute Gasteiger partial charge is 0.497 e. The van der Waals surface area contributed by atoms with Crippen molar-refractivity contribution in [2.24, 2.45) is 0 Å². The number of hydrogen-bond donors (Lipinski definition) is 1. The SMILES string of the molecule is COc1ccc(CCC(=O)N2CCCN(CC(=O)Nc3ccc([N+](=O)[O-])cc3OC)CC2)cc1. The molecule has 182 valence electrons. The smallest absolute Gasteiger partial charge is 0.273 e. The summed E-state index contributed by atoms with van der Waals surface area (Å²) in [6, 6.07) is 11.8. The van der Waals surface area contributed by atoms with Gasteiger partial charge in [0.25, 0.3) is 5.69 Å². The van der Waals surface area contributed by atoms with Gasteiger partial charge >= 0.3 is 0 Å². The minimum absolute atomic E-state index is 0.109. The van der Waals surface area contributed by atoms with Crippen LogP contribution in [-0.4, -0.2) is 73.5 Å². The zero-order chi connectivity index (χ0) is 24.5. The first-order valence-electron chi connectivity index (χ1n) is 11.1. The van der Waals surface area contributed by atoms with Gasteiger partial charge in [-0.25, -0.2) is 0 Å². The second-order valence-electron chi connectivity index (χ2n) is 8.05. The molecule has 0 saturated carbocycles. The number of aryl methyl sites for hydroxylation is 1. The van der Waals surface area contributed by atoms with Gasteiger partial charge in [0.2, 0.25) is 11.8 Å². The fourth-order valence-electron chi connectivity index (χ4n) is 3.87. The van der Waals surface area contributed by atoms with Gasteiger partial charge in [-0.1, -0.05) is 12.1 Å². The summed E-state index contributed by atoms with van der Waals surface area (Å²) < 4.78 is 10.3. The maximum absolute atomic E-state index is 12.7. The molecule has 2 amide bonds. The average molecular weight is 471 g/mol. The summed E-state index contributed by atoms with van der Waals surface area (Å²) in [5, 5.41) is 13.7. The molecule has 1 aliphatic heterocycles. The Morgan fingerprint density at radius 1 is 1.03 bits per heavy atom. The minimum Gasteiger partial charge on any atom is -0.497 e. The third-order valence-electron chi connectivity index (χ3n) is 5.77. The van der Waals surface area contributed by atoms with Gasteiger partial charge in [-0.3, -0.25) is 24.6 Å². The number of rotatable bonds is 9.